The zero-order valence-electron chi connectivity index (χ0n) is 18.5. The molecule has 5 atom stereocenters. The van der Waals surface area contributed by atoms with Gasteiger partial charge in [0.2, 0.25) is 0 Å². The first-order valence-corrected chi connectivity index (χ1v) is 10.9. The number of ether oxygens (including phenoxy) is 2. The summed E-state index contributed by atoms with van der Waals surface area (Å²) in [7, 11) is 1.58. The van der Waals surface area contributed by atoms with Crippen LogP contribution in [0.1, 0.15) is 62.8 Å². The first-order chi connectivity index (χ1) is 13.7. The van der Waals surface area contributed by atoms with Crippen LogP contribution < -0.4 is 10.2 Å². The molecule has 2 aliphatic carbocycles. The van der Waals surface area contributed by atoms with E-state index in [4.69, 9.17) is 13.9 Å². The van der Waals surface area contributed by atoms with Gasteiger partial charge in [0.15, 0.2) is 5.43 Å². The van der Waals surface area contributed by atoms with Gasteiger partial charge in [-0.05, 0) is 75.7 Å². The molecule has 1 aromatic rings. The van der Waals surface area contributed by atoms with E-state index < -0.39 is 0 Å². The number of hydrogen-bond donors (Lipinski definition) is 0. The van der Waals surface area contributed by atoms with Crippen LogP contribution in [0.2, 0.25) is 0 Å². The van der Waals surface area contributed by atoms with Crippen molar-refractivity contribution < 1.29 is 13.9 Å². The Balaban J connectivity index is 1.75. The average molecular weight is 399 g/mol. The molecule has 158 valence electrons. The monoisotopic (exact) mass is 398 g/mol. The maximum Gasteiger partial charge on any atom is 0.291 e. The van der Waals surface area contributed by atoms with Gasteiger partial charge < -0.3 is 13.9 Å². The predicted octanol–water partition coefficient (Wildman–Crippen LogP) is 5.50. The molecule has 0 bridgehead atoms. The van der Waals surface area contributed by atoms with Gasteiger partial charge >= 0.3 is 0 Å². The number of aryl methyl sites for hydroxylation is 1. The van der Waals surface area contributed by atoms with Crippen molar-refractivity contribution >= 4 is 0 Å². The molecule has 0 spiro atoms. The standard InChI is InChI=1S/C25H34O4/c1-15-8-9-20-24(4,12-10-21-25(20,5)11-7-13-28-21)19(15)14-18-22(26)16(2)17(3)29-23(18)27-6/h7,13,19-21H,1,8-12,14H2,2-6H3/t19-,20-,21-,24-,25+/m1/s1. The lowest BCUT2D eigenvalue weighted by Gasteiger charge is -2.61. The van der Waals surface area contributed by atoms with E-state index in [0.717, 1.165) is 32.1 Å². The smallest absolute Gasteiger partial charge is 0.291 e. The van der Waals surface area contributed by atoms with Gasteiger partial charge in [-0.15, -0.1) is 0 Å². The van der Waals surface area contributed by atoms with Gasteiger partial charge in [0.1, 0.15) is 11.9 Å². The fourth-order valence-electron chi connectivity index (χ4n) is 6.60. The number of hydrogen-bond acceptors (Lipinski definition) is 4. The Bertz CT molecular complexity index is 910. The fraction of sp³-hybridized carbons (Fsp3) is 0.640. The van der Waals surface area contributed by atoms with Crippen molar-refractivity contribution in [3.8, 4) is 5.95 Å². The van der Waals surface area contributed by atoms with Gasteiger partial charge in [-0.25, -0.2) is 0 Å². The van der Waals surface area contributed by atoms with Crippen molar-refractivity contribution in [1.82, 2.24) is 0 Å². The van der Waals surface area contributed by atoms with E-state index >= 15 is 0 Å². The van der Waals surface area contributed by atoms with Crippen molar-refractivity contribution in [3.63, 3.8) is 0 Å². The first kappa shape index (κ1) is 20.3. The summed E-state index contributed by atoms with van der Waals surface area (Å²) >= 11 is 0. The van der Waals surface area contributed by atoms with E-state index in [1.54, 1.807) is 7.11 Å². The molecule has 4 heteroatoms. The molecule has 1 aliphatic heterocycles. The molecule has 0 amide bonds. The molecule has 4 nitrogen and oxygen atoms in total. The number of methoxy groups -OCH3 is 1. The molecule has 0 unspecified atom stereocenters. The third-order valence-corrected chi connectivity index (χ3v) is 8.44. The van der Waals surface area contributed by atoms with Gasteiger partial charge in [0.05, 0.1) is 18.9 Å². The molecule has 3 aliphatic rings. The van der Waals surface area contributed by atoms with E-state index in [9.17, 15) is 4.79 Å². The second kappa shape index (κ2) is 7.07. The lowest BCUT2D eigenvalue weighted by molar-refractivity contribution is -0.142. The highest BCUT2D eigenvalue weighted by Gasteiger charge is 2.58. The Labute approximate surface area is 174 Å². The van der Waals surface area contributed by atoms with E-state index in [1.807, 2.05) is 20.1 Å². The van der Waals surface area contributed by atoms with Crippen molar-refractivity contribution in [3.05, 3.63) is 51.6 Å². The minimum absolute atomic E-state index is 0.0490. The quantitative estimate of drug-likeness (QED) is 0.631. The number of fused-ring (bicyclic) bond motifs is 3. The van der Waals surface area contributed by atoms with Crippen LogP contribution >= 0.6 is 0 Å². The maximum absolute atomic E-state index is 13.1. The summed E-state index contributed by atoms with van der Waals surface area (Å²) in [6.45, 7) is 12.9. The molecule has 0 radical (unpaired) electrons. The summed E-state index contributed by atoms with van der Waals surface area (Å²) in [6, 6.07) is 0. The summed E-state index contributed by atoms with van der Waals surface area (Å²) in [5.74, 6) is 1.77. The third-order valence-electron chi connectivity index (χ3n) is 8.44. The summed E-state index contributed by atoms with van der Waals surface area (Å²) in [6.07, 6.45) is 10.4. The summed E-state index contributed by atoms with van der Waals surface area (Å²) in [5, 5.41) is 0. The van der Waals surface area contributed by atoms with Crippen LogP contribution in [-0.2, 0) is 11.2 Å². The largest absolute Gasteiger partial charge is 0.498 e. The van der Waals surface area contributed by atoms with E-state index in [0.29, 0.717) is 41.3 Å². The van der Waals surface area contributed by atoms with Gasteiger partial charge in [0, 0.05) is 11.0 Å². The lowest BCUT2D eigenvalue weighted by atomic mass is 9.45. The number of rotatable bonds is 3. The first-order valence-electron chi connectivity index (χ1n) is 10.9. The van der Waals surface area contributed by atoms with Crippen molar-refractivity contribution in [1.29, 1.82) is 0 Å². The predicted molar refractivity (Wildman–Crippen MR) is 114 cm³/mol. The Morgan fingerprint density at radius 1 is 1.24 bits per heavy atom. The van der Waals surface area contributed by atoms with Crippen LogP contribution in [-0.4, -0.2) is 13.2 Å². The van der Waals surface area contributed by atoms with Crippen LogP contribution in [0.3, 0.4) is 0 Å². The highest BCUT2D eigenvalue weighted by molar-refractivity contribution is 5.33. The molecule has 1 aromatic heterocycles. The van der Waals surface area contributed by atoms with Gasteiger partial charge in [-0.1, -0.05) is 26.0 Å². The Morgan fingerprint density at radius 3 is 2.72 bits per heavy atom. The molecule has 0 saturated heterocycles. The zero-order valence-corrected chi connectivity index (χ0v) is 18.5. The minimum atomic E-state index is 0.0490. The lowest BCUT2D eigenvalue weighted by Crippen LogP contribution is -2.57. The molecule has 4 rings (SSSR count). The van der Waals surface area contributed by atoms with Crippen LogP contribution in [0.5, 0.6) is 5.95 Å². The molecule has 0 aromatic carbocycles. The summed E-state index contributed by atoms with van der Waals surface area (Å²) in [5.41, 5.74) is 2.87. The molecule has 29 heavy (non-hydrogen) atoms. The Kier molecular flexibility index (Phi) is 4.95. The molecular formula is C25H34O4. The Morgan fingerprint density at radius 2 is 2.00 bits per heavy atom. The maximum atomic E-state index is 13.1. The van der Waals surface area contributed by atoms with Gasteiger partial charge in [-0.3, -0.25) is 4.79 Å². The molecule has 0 N–H and O–H groups in total. The van der Waals surface area contributed by atoms with Crippen molar-refractivity contribution in [2.24, 2.45) is 22.7 Å². The SMILES string of the molecule is C=C1CC[C@@H]2[C@](C)(CC[C@H]3OC=CC[C@@]23C)[C@@H]1Cc1c(OC)oc(C)c(C)c1=O. The van der Waals surface area contributed by atoms with Crippen LogP contribution in [0.15, 0.2) is 33.7 Å². The summed E-state index contributed by atoms with van der Waals surface area (Å²) < 4.78 is 17.4. The Hall–Kier alpha value is -1.97. The highest BCUT2D eigenvalue weighted by atomic mass is 16.6. The van der Waals surface area contributed by atoms with Crippen LogP contribution in [0.25, 0.3) is 0 Å². The van der Waals surface area contributed by atoms with E-state index in [2.05, 4.69) is 26.5 Å². The van der Waals surface area contributed by atoms with E-state index in [-0.39, 0.29) is 22.2 Å². The second-order valence-corrected chi connectivity index (χ2v) is 9.84. The summed E-state index contributed by atoms with van der Waals surface area (Å²) in [4.78, 5) is 13.1. The van der Waals surface area contributed by atoms with Gasteiger partial charge in [-0.2, -0.15) is 0 Å². The molecule has 2 heterocycles. The van der Waals surface area contributed by atoms with Crippen LogP contribution in [0.4, 0.5) is 0 Å². The molecule has 2 saturated carbocycles. The topological polar surface area (TPSA) is 48.7 Å². The third kappa shape index (κ3) is 2.98. The van der Waals surface area contributed by atoms with Crippen LogP contribution in [0, 0.1) is 36.5 Å². The average Bonchev–Trinajstić information content (AvgIpc) is 2.69. The molecular weight excluding hydrogens is 364 g/mol. The molecule has 2 fully saturated rings. The number of allylic oxidation sites excluding steroid dienone is 2. The second-order valence-electron chi connectivity index (χ2n) is 9.84. The van der Waals surface area contributed by atoms with Crippen molar-refractivity contribution in [2.75, 3.05) is 7.11 Å². The zero-order chi connectivity index (χ0) is 21.0. The fourth-order valence-corrected chi connectivity index (χ4v) is 6.60. The highest BCUT2D eigenvalue weighted by Crippen LogP contribution is 2.63. The normalized spacial score (nSPS) is 36.2. The minimum Gasteiger partial charge on any atom is -0.498 e. The van der Waals surface area contributed by atoms with Gasteiger partial charge in [0.25, 0.3) is 5.95 Å². The van der Waals surface area contributed by atoms with E-state index in [1.165, 1.54) is 5.57 Å². The van der Waals surface area contributed by atoms with Crippen molar-refractivity contribution in [2.45, 2.75) is 72.3 Å².